The average molecular weight is 941 g/mol. The number of esters is 1. The van der Waals surface area contributed by atoms with Gasteiger partial charge >= 0.3 is 5.97 Å². The number of cyclic esters (lactones) is 1. The van der Waals surface area contributed by atoms with Gasteiger partial charge in [0.15, 0.2) is 12.0 Å². The Balaban J connectivity index is 1.21. The number of likely N-dealkylation sites (N-methyl/N-ethyl adjacent to an activating group) is 2. The number of pyridine rings is 1. The maximum absolute atomic E-state index is 13.6. The molecule has 17 nitrogen and oxygen atoms in total. The molecule has 376 valence electrons. The lowest BCUT2D eigenvalue weighted by Gasteiger charge is -2.47. The van der Waals surface area contributed by atoms with Crippen molar-refractivity contribution < 1.29 is 49.6 Å². The Bertz CT molecular complexity index is 2060. The van der Waals surface area contributed by atoms with Crippen LogP contribution in [-0.2, 0) is 38.6 Å². The maximum atomic E-state index is 13.6. The monoisotopic (exact) mass is 941 g/mol. The lowest BCUT2D eigenvalue weighted by atomic mass is 9.78. The molecule has 67 heavy (non-hydrogen) atoms. The molecule has 4 heterocycles. The molecule has 2 fully saturated rings. The van der Waals surface area contributed by atoms with Crippen LogP contribution in [0.25, 0.3) is 11.3 Å². The van der Waals surface area contributed by atoms with E-state index in [1.54, 1.807) is 44.5 Å². The van der Waals surface area contributed by atoms with Gasteiger partial charge in [-0.05, 0) is 104 Å². The summed E-state index contributed by atoms with van der Waals surface area (Å²) in [5, 5.41) is 77.3. The van der Waals surface area contributed by atoms with Crippen molar-refractivity contribution in [2.75, 3.05) is 20.6 Å². The topological polar surface area (TPSA) is 225 Å². The highest BCUT2D eigenvalue weighted by atomic mass is 16.7. The lowest BCUT2D eigenvalue weighted by Crippen LogP contribution is -2.59. The number of carbonyl (C=O) groups is 1. The van der Waals surface area contributed by atoms with Crippen LogP contribution < -0.4 is 5.56 Å². The molecule has 17 heteroatoms. The quantitative estimate of drug-likeness (QED) is 0.0922. The molecule has 14 atom stereocenters. The summed E-state index contributed by atoms with van der Waals surface area (Å²) in [7, 11) is 3.77. The minimum absolute atomic E-state index is 0.155. The van der Waals surface area contributed by atoms with E-state index in [9.17, 15) is 40.2 Å². The van der Waals surface area contributed by atoms with Crippen LogP contribution in [0.5, 0.6) is 5.75 Å². The summed E-state index contributed by atoms with van der Waals surface area (Å²) >= 11 is 0. The molecule has 2 aliphatic heterocycles. The van der Waals surface area contributed by atoms with Gasteiger partial charge in [0.25, 0.3) is 5.56 Å². The summed E-state index contributed by atoms with van der Waals surface area (Å²) < 4.78 is 22.1. The van der Waals surface area contributed by atoms with Gasteiger partial charge in [0.1, 0.15) is 29.6 Å². The Labute approximate surface area is 396 Å². The molecule has 1 aromatic carbocycles. The van der Waals surface area contributed by atoms with Crippen molar-refractivity contribution in [2.45, 2.75) is 193 Å². The van der Waals surface area contributed by atoms with E-state index in [1.165, 1.54) is 19.9 Å². The molecule has 2 aromatic heterocycles. The first-order valence-corrected chi connectivity index (χ1v) is 24.3. The Hall–Kier alpha value is -3.78. The van der Waals surface area contributed by atoms with Gasteiger partial charge in [0.2, 0.25) is 0 Å². The molecule has 0 bridgehead atoms. The fourth-order valence-electron chi connectivity index (χ4n) is 10.2. The van der Waals surface area contributed by atoms with Gasteiger partial charge in [0, 0.05) is 55.9 Å². The van der Waals surface area contributed by atoms with Crippen LogP contribution in [0, 0.1) is 17.8 Å². The summed E-state index contributed by atoms with van der Waals surface area (Å²) in [6.45, 7) is 16.0. The van der Waals surface area contributed by atoms with Gasteiger partial charge in [0.05, 0.1) is 36.0 Å². The normalized spacial score (nSPS) is 34.1. The van der Waals surface area contributed by atoms with E-state index < -0.39 is 77.9 Å². The predicted octanol–water partition coefficient (Wildman–Crippen LogP) is 4.32. The molecule has 0 aliphatic carbocycles. The van der Waals surface area contributed by atoms with E-state index in [0.29, 0.717) is 26.1 Å². The van der Waals surface area contributed by atoms with Crippen molar-refractivity contribution in [1.29, 1.82) is 0 Å². The molecule has 0 spiro atoms. The SMILES string of the molecule is CC[C@H]1OC(=O)[C@H](C)[C@@H](O)[C@H](C)[C@@H](O[C@@H]2O[C@H](C)C[C@H](N(C)Cc3ccc(-c4cn(CCCCCCCn5cccc(O)c5=O)nn4)cc3)[C@@H]2O)[C@](C)(O)C[C@@H](C)CN(C)[C@H](C)[C@@H](O)[C@]1(C)O. The third-order valence-corrected chi connectivity index (χ3v) is 14.4. The van der Waals surface area contributed by atoms with Crippen molar-refractivity contribution in [3.05, 3.63) is 64.7 Å². The van der Waals surface area contributed by atoms with Crippen LogP contribution in [0.2, 0.25) is 0 Å². The summed E-state index contributed by atoms with van der Waals surface area (Å²) in [5.74, 6) is -3.09. The average Bonchev–Trinajstić information content (AvgIpc) is 3.76. The standard InChI is InChI=1S/C50H80N6O11/c1-11-41-50(8,64)44(60)35(6)53(9)28-31(2)27-49(7,63)45(33(4)42(58)34(5)47(62)66-41)67-48-43(59)39(26-32(3)65-48)54(10)29-36-19-21-37(22-20-36)38-30-56(52-51-38)25-16-14-12-13-15-23-55-24-17-18-40(57)46(55)61/h17-22,24,30-35,39,41-45,48,57-60,63-64H,11-16,23,25-29H2,1-10H3/t31-,32-,33+,34-,35-,39+,41-,42+,43+,44-,45-,48+,49-,50-/m1/s1. The first kappa shape index (κ1) is 54.2. The number of benzene rings is 1. The number of aryl methyl sites for hydroxylation is 2. The first-order valence-electron chi connectivity index (χ1n) is 24.3. The number of ether oxygens (including phenoxy) is 3. The molecule has 5 rings (SSSR count). The number of aliphatic hydroxyl groups excluding tert-OH is 3. The Morgan fingerprint density at radius 1 is 0.925 bits per heavy atom. The third kappa shape index (κ3) is 13.7. The lowest BCUT2D eigenvalue weighted by molar-refractivity contribution is -0.300. The largest absolute Gasteiger partial charge is 0.503 e. The number of carbonyl (C=O) groups excluding carboxylic acids is 1. The third-order valence-electron chi connectivity index (χ3n) is 14.4. The van der Waals surface area contributed by atoms with E-state index in [0.717, 1.165) is 55.5 Å². The smallest absolute Gasteiger partial charge is 0.311 e. The highest BCUT2D eigenvalue weighted by molar-refractivity contribution is 5.73. The number of hydrogen-bond acceptors (Lipinski definition) is 15. The van der Waals surface area contributed by atoms with Gasteiger partial charge in [-0.1, -0.05) is 69.5 Å². The van der Waals surface area contributed by atoms with Crippen molar-refractivity contribution in [3.63, 3.8) is 0 Å². The predicted molar refractivity (Wildman–Crippen MR) is 254 cm³/mol. The molecular formula is C50H80N6O11. The van der Waals surface area contributed by atoms with Crippen molar-refractivity contribution >= 4 is 5.97 Å². The minimum atomic E-state index is -1.79. The van der Waals surface area contributed by atoms with Gasteiger partial charge in [-0.3, -0.25) is 19.2 Å². The van der Waals surface area contributed by atoms with Crippen molar-refractivity contribution in [1.82, 2.24) is 29.4 Å². The molecule has 0 radical (unpaired) electrons. The second-order valence-electron chi connectivity index (χ2n) is 20.3. The Morgan fingerprint density at radius 3 is 2.25 bits per heavy atom. The molecule has 6 N–H and O–H groups in total. The molecular weight excluding hydrogens is 861 g/mol. The molecule has 0 amide bonds. The van der Waals surface area contributed by atoms with Gasteiger partial charge in [-0.2, -0.15) is 0 Å². The van der Waals surface area contributed by atoms with E-state index >= 15 is 0 Å². The molecule has 3 aromatic rings. The fraction of sp³-hybridized carbons (Fsp3) is 0.720. The van der Waals surface area contributed by atoms with Crippen molar-refractivity contribution in [2.24, 2.45) is 17.8 Å². The summed E-state index contributed by atoms with van der Waals surface area (Å²) in [5.41, 5.74) is -1.00. The van der Waals surface area contributed by atoms with E-state index in [4.69, 9.17) is 14.2 Å². The number of rotatable bonds is 15. The Kier molecular flexibility index (Phi) is 19.1. The summed E-state index contributed by atoms with van der Waals surface area (Å²) in [4.78, 5) is 29.6. The van der Waals surface area contributed by atoms with E-state index in [-0.39, 0.29) is 36.2 Å². The molecule has 0 saturated carbocycles. The van der Waals surface area contributed by atoms with Crippen LogP contribution in [-0.4, -0.2) is 153 Å². The number of aromatic nitrogens is 4. The number of nitrogens with zero attached hydrogens (tertiary/aromatic N) is 6. The van der Waals surface area contributed by atoms with Crippen LogP contribution >= 0.6 is 0 Å². The number of unbranched alkanes of at least 4 members (excludes halogenated alkanes) is 4. The fourth-order valence-corrected chi connectivity index (χ4v) is 10.2. The number of aromatic hydroxyl groups is 1. The van der Waals surface area contributed by atoms with Crippen LogP contribution in [0.1, 0.15) is 112 Å². The Morgan fingerprint density at radius 2 is 1.58 bits per heavy atom. The van der Waals surface area contributed by atoms with Crippen LogP contribution in [0.15, 0.2) is 53.6 Å². The first-order chi connectivity index (χ1) is 31.5. The van der Waals surface area contributed by atoms with Gasteiger partial charge in [-0.15, -0.1) is 5.10 Å². The summed E-state index contributed by atoms with van der Waals surface area (Å²) in [6, 6.07) is 10.2. The second-order valence-corrected chi connectivity index (χ2v) is 20.3. The zero-order valence-electron chi connectivity index (χ0n) is 41.4. The molecule has 0 unspecified atom stereocenters. The van der Waals surface area contributed by atoms with Gasteiger partial charge in [-0.25, -0.2) is 0 Å². The maximum Gasteiger partial charge on any atom is 0.311 e. The number of hydrogen-bond donors (Lipinski definition) is 6. The van der Waals surface area contributed by atoms with Crippen molar-refractivity contribution in [3.8, 4) is 17.0 Å². The number of aliphatic hydroxyl groups is 5. The summed E-state index contributed by atoms with van der Waals surface area (Å²) in [6.07, 6.45) is 2.01. The minimum Gasteiger partial charge on any atom is -0.503 e. The highest BCUT2D eigenvalue weighted by Gasteiger charge is 2.50. The zero-order chi connectivity index (χ0) is 49.4. The second kappa shape index (κ2) is 23.7. The molecule has 2 aliphatic rings. The highest BCUT2D eigenvalue weighted by Crippen LogP contribution is 2.37. The van der Waals surface area contributed by atoms with E-state index in [2.05, 4.69) is 15.2 Å². The van der Waals surface area contributed by atoms with E-state index in [1.807, 2.05) is 68.0 Å². The zero-order valence-corrected chi connectivity index (χ0v) is 41.4. The van der Waals surface area contributed by atoms with Crippen LogP contribution in [0.3, 0.4) is 0 Å². The van der Waals surface area contributed by atoms with Gasteiger partial charge < -0.3 is 54.3 Å². The molecule has 2 saturated heterocycles. The van der Waals surface area contributed by atoms with Crippen LogP contribution in [0.4, 0.5) is 0 Å².